The lowest BCUT2D eigenvalue weighted by Gasteiger charge is -2.19. The summed E-state index contributed by atoms with van der Waals surface area (Å²) in [5, 5.41) is 2.22. The summed E-state index contributed by atoms with van der Waals surface area (Å²) in [6.07, 6.45) is 0. The Morgan fingerprint density at radius 3 is 1.80 bits per heavy atom. The number of aryl methyl sites for hydroxylation is 2. The summed E-state index contributed by atoms with van der Waals surface area (Å²) >= 11 is 3.41. The Hall–Kier alpha value is -3.02. The van der Waals surface area contributed by atoms with Gasteiger partial charge >= 0.3 is 5.97 Å². The third-order valence-electron chi connectivity index (χ3n) is 6.64. The third-order valence-corrected chi connectivity index (χ3v) is 8.55. The van der Waals surface area contributed by atoms with Crippen LogP contribution < -0.4 is 0 Å². The van der Waals surface area contributed by atoms with Crippen LogP contribution in [-0.4, -0.2) is 18.4 Å². The molecule has 0 N–H and O–H groups in total. The number of ether oxygens (including phenoxy) is 1. The van der Waals surface area contributed by atoms with Crippen LogP contribution in [0.5, 0.6) is 0 Å². The van der Waals surface area contributed by atoms with Gasteiger partial charge in [-0.05, 0) is 83.0 Å². The average Bonchev–Trinajstić information content (AvgIpc) is 3.54. The zero-order valence-corrected chi connectivity index (χ0v) is 27.2. The van der Waals surface area contributed by atoms with E-state index in [1.54, 1.807) is 18.3 Å². The molecule has 0 fully saturated rings. The Bertz CT molecular complexity index is 1470. The molecule has 2 aromatic carbocycles. The molecular formula is C36H46O3S2. The highest BCUT2D eigenvalue weighted by atomic mass is 32.1. The Labute approximate surface area is 255 Å². The number of thiophene rings is 2. The van der Waals surface area contributed by atoms with E-state index >= 15 is 0 Å². The van der Waals surface area contributed by atoms with Gasteiger partial charge in [0.25, 0.3) is 0 Å². The van der Waals surface area contributed by atoms with Gasteiger partial charge in [-0.1, -0.05) is 85.4 Å². The summed E-state index contributed by atoms with van der Waals surface area (Å²) in [5.41, 5.74) is 8.70. The second-order valence-electron chi connectivity index (χ2n) is 12.1. The van der Waals surface area contributed by atoms with E-state index in [0.29, 0.717) is 6.61 Å². The smallest absolute Gasteiger partial charge is 0.302 e. The van der Waals surface area contributed by atoms with Crippen LogP contribution in [0.2, 0.25) is 0 Å². The molecule has 1 aliphatic carbocycles. The second-order valence-corrected chi connectivity index (χ2v) is 14.5. The number of hydrogen-bond acceptors (Lipinski definition) is 5. The third kappa shape index (κ3) is 8.73. The zero-order chi connectivity index (χ0) is 29.8. The number of benzene rings is 2. The minimum Gasteiger partial charge on any atom is -0.466 e. The van der Waals surface area contributed by atoms with E-state index in [9.17, 15) is 9.59 Å². The quantitative estimate of drug-likeness (QED) is 0.192. The Morgan fingerprint density at radius 1 is 0.756 bits per heavy atom. The normalized spacial score (nSPS) is 11.7. The summed E-state index contributed by atoms with van der Waals surface area (Å²) in [6, 6.07) is 19.6. The fraction of sp³-hybridized carbons (Fsp3) is 0.389. The van der Waals surface area contributed by atoms with Crippen molar-refractivity contribution in [3.8, 4) is 22.3 Å². The standard InChI is InChI=1S/C16H16OS.C15H18S.C4H8O2.CH4/c1-9-7-13-11-6-5-10(16(2,3)4)8-12(11)14(17)15(13)18-9;1-11-9-13(10-16-11)12-5-7-14(8-6-12)15(2,3)4;1-3-6-4(2)5;/h5-8H,1-4H3;5-10H,1-4H3;3H2,1-2H3;1H4. The van der Waals surface area contributed by atoms with E-state index in [4.69, 9.17) is 0 Å². The van der Waals surface area contributed by atoms with Crippen LogP contribution in [0.3, 0.4) is 0 Å². The summed E-state index contributed by atoms with van der Waals surface area (Å²) in [5.74, 6) is -0.0123. The van der Waals surface area contributed by atoms with Gasteiger partial charge < -0.3 is 4.74 Å². The molecule has 41 heavy (non-hydrogen) atoms. The van der Waals surface area contributed by atoms with Crippen LogP contribution in [0, 0.1) is 13.8 Å². The SMILES string of the molecule is C.CCOC(C)=O.Cc1cc(-c2ccc(C(C)(C)C)cc2)cs1.Cc1cc2c(s1)C(=O)c1cc(C(C)(C)C)ccc1-2. The maximum Gasteiger partial charge on any atom is 0.302 e. The van der Waals surface area contributed by atoms with E-state index in [0.717, 1.165) is 21.6 Å². The van der Waals surface area contributed by atoms with Crippen LogP contribution in [0.1, 0.15) is 98.9 Å². The fourth-order valence-electron chi connectivity index (χ4n) is 4.40. The number of esters is 1. The van der Waals surface area contributed by atoms with Gasteiger partial charge in [0.1, 0.15) is 0 Å². The van der Waals surface area contributed by atoms with Gasteiger partial charge in [-0.25, -0.2) is 0 Å². The number of carbonyl (C=O) groups is 2. The van der Waals surface area contributed by atoms with Crippen LogP contribution in [0.4, 0.5) is 0 Å². The number of hydrogen-bond donors (Lipinski definition) is 0. The Morgan fingerprint density at radius 2 is 1.34 bits per heavy atom. The predicted octanol–water partition coefficient (Wildman–Crippen LogP) is 10.8. The lowest BCUT2D eigenvalue weighted by Crippen LogP contribution is -2.11. The van der Waals surface area contributed by atoms with E-state index < -0.39 is 0 Å². The van der Waals surface area contributed by atoms with Gasteiger partial charge in [0.15, 0.2) is 0 Å². The summed E-state index contributed by atoms with van der Waals surface area (Å²) in [6.45, 7) is 21.1. The highest BCUT2D eigenvalue weighted by Gasteiger charge is 2.30. The minimum absolute atomic E-state index is 0. The van der Waals surface area contributed by atoms with Gasteiger partial charge in [0.2, 0.25) is 5.78 Å². The van der Waals surface area contributed by atoms with Crippen molar-refractivity contribution in [3.63, 3.8) is 0 Å². The van der Waals surface area contributed by atoms with Gasteiger partial charge in [-0.3, -0.25) is 9.59 Å². The molecule has 4 aromatic rings. The molecule has 0 radical (unpaired) electrons. The second kappa shape index (κ2) is 13.8. The molecule has 1 aliphatic rings. The fourth-order valence-corrected chi connectivity index (χ4v) is 6.09. The Kier molecular flexibility index (Phi) is 11.5. The summed E-state index contributed by atoms with van der Waals surface area (Å²) < 4.78 is 4.40. The van der Waals surface area contributed by atoms with Crippen LogP contribution in [-0.2, 0) is 20.4 Å². The molecule has 2 heterocycles. The molecule has 0 spiro atoms. The van der Waals surface area contributed by atoms with Gasteiger partial charge in [-0.15, -0.1) is 22.7 Å². The van der Waals surface area contributed by atoms with E-state index in [1.165, 1.54) is 38.9 Å². The molecule has 5 rings (SSSR count). The largest absolute Gasteiger partial charge is 0.466 e. The van der Waals surface area contributed by atoms with Crippen molar-refractivity contribution in [2.75, 3.05) is 6.61 Å². The molecule has 0 saturated carbocycles. The molecule has 3 nitrogen and oxygen atoms in total. The van der Waals surface area contributed by atoms with Crippen LogP contribution >= 0.6 is 22.7 Å². The minimum atomic E-state index is -0.211. The first-order valence-electron chi connectivity index (χ1n) is 13.7. The van der Waals surface area contributed by atoms with E-state index in [-0.39, 0.29) is 30.0 Å². The van der Waals surface area contributed by atoms with Gasteiger partial charge in [0.05, 0.1) is 11.5 Å². The number of ketones is 1. The summed E-state index contributed by atoms with van der Waals surface area (Å²) in [7, 11) is 0. The van der Waals surface area contributed by atoms with Crippen molar-refractivity contribution in [2.45, 2.75) is 87.5 Å². The van der Waals surface area contributed by atoms with Gasteiger partial charge in [-0.2, -0.15) is 0 Å². The number of fused-ring (bicyclic) bond motifs is 3. The molecule has 0 aliphatic heterocycles. The highest BCUT2D eigenvalue weighted by Crippen LogP contribution is 2.42. The van der Waals surface area contributed by atoms with Crippen LogP contribution in [0.15, 0.2) is 60.0 Å². The molecule has 0 bridgehead atoms. The van der Waals surface area contributed by atoms with Crippen molar-refractivity contribution >= 4 is 34.4 Å². The van der Waals surface area contributed by atoms with E-state index in [1.807, 2.05) is 11.3 Å². The monoisotopic (exact) mass is 590 g/mol. The lowest BCUT2D eigenvalue weighted by molar-refractivity contribution is -0.140. The first-order chi connectivity index (χ1) is 18.6. The molecular weight excluding hydrogens is 545 g/mol. The molecule has 2 aromatic heterocycles. The van der Waals surface area contributed by atoms with Gasteiger partial charge in [0, 0.05) is 27.8 Å². The lowest BCUT2D eigenvalue weighted by atomic mass is 9.85. The molecule has 0 atom stereocenters. The molecule has 0 saturated heterocycles. The predicted molar refractivity (Wildman–Crippen MR) is 179 cm³/mol. The Balaban J connectivity index is 0.000000237. The zero-order valence-electron chi connectivity index (χ0n) is 25.5. The molecule has 0 amide bonds. The molecule has 220 valence electrons. The van der Waals surface area contributed by atoms with Crippen molar-refractivity contribution in [1.29, 1.82) is 0 Å². The van der Waals surface area contributed by atoms with Crippen molar-refractivity contribution in [2.24, 2.45) is 0 Å². The molecule has 0 unspecified atom stereocenters. The maximum atomic E-state index is 12.4. The number of rotatable bonds is 2. The van der Waals surface area contributed by atoms with E-state index in [2.05, 4.69) is 120 Å². The summed E-state index contributed by atoms with van der Waals surface area (Å²) in [4.78, 5) is 25.7. The first-order valence-corrected chi connectivity index (χ1v) is 15.4. The van der Waals surface area contributed by atoms with Crippen LogP contribution in [0.25, 0.3) is 22.3 Å². The highest BCUT2D eigenvalue weighted by molar-refractivity contribution is 7.15. The first kappa shape index (κ1) is 34.2. The van der Waals surface area contributed by atoms with Crippen molar-refractivity contribution in [3.05, 3.63) is 91.3 Å². The maximum absolute atomic E-state index is 12.4. The molecule has 5 heteroatoms. The number of carbonyl (C=O) groups excluding carboxylic acids is 2. The topological polar surface area (TPSA) is 43.4 Å². The van der Waals surface area contributed by atoms with Crippen molar-refractivity contribution < 1.29 is 14.3 Å². The van der Waals surface area contributed by atoms with Crippen molar-refractivity contribution in [1.82, 2.24) is 0 Å². The average molecular weight is 591 g/mol.